The maximum Gasteiger partial charge on any atom is 0.124 e. The average Bonchev–Trinajstić information content (AvgIpc) is 2.51. The minimum Gasteiger partial charge on any atom is -0.496 e. The number of hydrogen-bond donors (Lipinski definition) is 0. The number of hydrogen-bond acceptors (Lipinski definition) is 3. The largest absolute Gasteiger partial charge is 0.496 e. The fourth-order valence-electron chi connectivity index (χ4n) is 3.89. The van der Waals surface area contributed by atoms with E-state index in [4.69, 9.17) is 4.74 Å². The number of piperidine rings is 1. The molecule has 116 valence electrons. The minimum absolute atomic E-state index is 0.504. The Kier molecular flexibility index (Phi) is 4.12. The van der Waals surface area contributed by atoms with Crippen molar-refractivity contribution in [3.05, 3.63) is 23.8 Å². The van der Waals surface area contributed by atoms with Gasteiger partial charge in [0.1, 0.15) is 5.75 Å². The molecule has 2 bridgehead atoms. The predicted octanol–water partition coefficient (Wildman–Crippen LogP) is 3.49. The fraction of sp³-hybridized carbons (Fsp3) is 0.667. The third kappa shape index (κ3) is 2.64. The molecule has 0 aliphatic carbocycles. The van der Waals surface area contributed by atoms with Crippen LogP contribution in [0.3, 0.4) is 0 Å². The highest BCUT2D eigenvalue weighted by Gasteiger charge is 2.43. The first kappa shape index (κ1) is 14.7. The number of ether oxygens (including phenoxy) is 1. The van der Waals surface area contributed by atoms with E-state index in [1.807, 2.05) is 0 Å². The van der Waals surface area contributed by atoms with E-state index >= 15 is 0 Å². The highest BCUT2D eigenvalue weighted by Crippen LogP contribution is 2.37. The summed E-state index contributed by atoms with van der Waals surface area (Å²) in [6.07, 6.45) is 2.65. The standard InChI is InChI=1S/C18H28N2O/c1-5-8-20-15-9-16(20)12-19(11-15)14-6-7-17(13(2)3)18(10-14)21-4/h6-7,10,13,15-16H,5,8-9,11-12H2,1-4H3. The monoisotopic (exact) mass is 288 g/mol. The Balaban J connectivity index is 1.74. The van der Waals surface area contributed by atoms with E-state index < -0.39 is 0 Å². The second-order valence-corrected chi connectivity index (χ2v) is 6.77. The van der Waals surface area contributed by atoms with Gasteiger partial charge in [0.15, 0.2) is 0 Å². The van der Waals surface area contributed by atoms with Gasteiger partial charge in [-0.15, -0.1) is 0 Å². The Morgan fingerprint density at radius 2 is 1.95 bits per heavy atom. The van der Waals surface area contributed by atoms with Crippen molar-refractivity contribution in [2.45, 2.75) is 51.6 Å². The van der Waals surface area contributed by atoms with Gasteiger partial charge in [-0.3, -0.25) is 4.90 Å². The zero-order chi connectivity index (χ0) is 15.0. The molecule has 1 aromatic carbocycles. The summed E-state index contributed by atoms with van der Waals surface area (Å²) in [4.78, 5) is 5.23. The zero-order valence-corrected chi connectivity index (χ0v) is 13.8. The molecule has 0 aromatic heterocycles. The molecule has 3 nitrogen and oxygen atoms in total. The molecule has 21 heavy (non-hydrogen) atoms. The Morgan fingerprint density at radius 3 is 2.52 bits per heavy atom. The van der Waals surface area contributed by atoms with Gasteiger partial charge in [0.05, 0.1) is 7.11 Å². The predicted molar refractivity (Wildman–Crippen MR) is 88.5 cm³/mol. The van der Waals surface area contributed by atoms with Gasteiger partial charge in [0.25, 0.3) is 0 Å². The number of methoxy groups -OCH3 is 1. The smallest absolute Gasteiger partial charge is 0.124 e. The van der Waals surface area contributed by atoms with Crippen LogP contribution in [0, 0.1) is 0 Å². The topological polar surface area (TPSA) is 15.7 Å². The minimum atomic E-state index is 0.504. The van der Waals surface area contributed by atoms with Crippen LogP contribution in [0.5, 0.6) is 5.75 Å². The Hall–Kier alpha value is -1.22. The number of fused-ring (bicyclic) bond motifs is 2. The molecule has 0 radical (unpaired) electrons. The van der Waals surface area contributed by atoms with E-state index in [0.717, 1.165) is 17.8 Å². The van der Waals surface area contributed by atoms with Crippen molar-refractivity contribution in [2.75, 3.05) is 31.6 Å². The van der Waals surface area contributed by atoms with Gasteiger partial charge in [0.2, 0.25) is 0 Å². The van der Waals surface area contributed by atoms with Crippen molar-refractivity contribution >= 4 is 5.69 Å². The van der Waals surface area contributed by atoms with Crippen LogP contribution in [-0.2, 0) is 0 Å². The Morgan fingerprint density at radius 1 is 1.24 bits per heavy atom. The van der Waals surface area contributed by atoms with Crippen molar-refractivity contribution in [2.24, 2.45) is 0 Å². The molecular weight excluding hydrogens is 260 g/mol. The van der Waals surface area contributed by atoms with Gasteiger partial charge in [-0.05, 0) is 36.9 Å². The van der Waals surface area contributed by atoms with Crippen LogP contribution in [0.1, 0.15) is 45.1 Å². The van der Waals surface area contributed by atoms with Crippen molar-refractivity contribution in [3.63, 3.8) is 0 Å². The summed E-state index contributed by atoms with van der Waals surface area (Å²) in [5.74, 6) is 1.54. The van der Waals surface area contributed by atoms with Crippen LogP contribution in [0.2, 0.25) is 0 Å². The molecule has 3 saturated heterocycles. The lowest BCUT2D eigenvalue weighted by atomic mass is 9.86. The molecule has 3 heteroatoms. The molecule has 0 amide bonds. The van der Waals surface area contributed by atoms with E-state index in [1.165, 1.54) is 43.7 Å². The number of piperazine rings is 1. The normalized spacial score (nSPS) is 25.1. The summed E-state index contributed by atoms with van der Waals surface area (Å²) in [6.45, 7) is 10.3. The number of benzene rings is 1. The summed E-state index contributed by atoms with van der Waals surface area (Å²) in [5.41, 5.74) is 2.62. The van der Waals surface area contributed by atoms with Crippen LogP contribution >= 0.6 is 0 Å². The number of nitrogens with zero attached hydrogens (tertiary/aromatic N) is 2. The van der Waals surface area contributed by atoms with Crippen molar-refractivity contribution in [1.29, 1.82) is 0 Å². The van der Waals surface area contributed by atoms with Crippen LogP contribution in [0.4, 0.5) is 5.69 Å². The third-order valence-corrected chi connectivity index (χ3v) is 5.03. The molecule has 4 rings (SSSR count). The van der Waals surface area contributed by atoms with Crippen LogP contribution in [-0.4, -0.2) is 43.7 Å². The molecule has 3 aliphatic rings. The summed E-state index contributed by atoms with van der Waals surface area (Å²) >= 11 is 0. The van der Waals surface area contributed by atoms with Crippen LogP contribution in [0.25, 0.3) is 0 Å². The van der Waals surface area contributed by atoms with E-state index in [2.05, 4.69) is 48.8 Å². The third-order valence-electron chi connectivity index (χ3n) is 5.03. The van der Waals surface area contributed by atoms with Crippen LogP contribution in [0.15, 0.2) is 18.2 Å². The lowest BCUT2D eigenvalue weighted by molar-refractivity contribution is -0.000308. The number of rotatable bonds is 5. The lowest BCUT2D eigenvalue weighted by Crippen LogP contribution is -2.68. The highest BCUT2D eigenvalue weighted by molar-refractivity contribution is 5.55. The summed E-state index contributed by atoms with van der Waals surface area (Å²) in [7, 11) is 1.78. The van der Waals surface area contributed by atoms with Crippen molar-refractivity contribution in [1.82, 2.24) is 4.90 Å². The molecule has 2 unspecified atom stereocenters. The zero-order valence-electron chi connectivity index (χ0n) is 13.8. The van der Waals surface area contributed by atoms with Gasteiger partial charge in [-0.1, -0.05) is 26.8 Å². The first-order valence-corrected chi connectivity index (χ1v) is 8.32. The molecule has 2 atom stereocenters. The average molecular weight is 288 g/mol. The molecule has 3 heterocycles. The second-order valence-electron chi connectivity index (χ2n) is 6.77. The number of anilines is 1. The van der Waals surface area contributed by atoms with E-state index in [1.54, 1.807) is 7.11 Å². The van der Waals surface area contributed by atoms with Gasteiger partial charge in [-0.2, -0.15) is 0 Å². The van der Waals surface area contributed by atoms with Gasteiger partial charge in [0, 0.05) is 36.9 Å². The summed E-state index contributed by atoms with van der Waals surface area (Å²) in [5, 5.41) is 0. The van der Waals surface area contributed by atoms with E-state index in [-0.39, 0.29) is 0 Å². The summed E-state index contributed by atoms with van der Waals surface area (Å²) < 4.78 is 5.60. The second kappa shape index (κ2) is 5.88. The first-order valence-electron chi connectivity index (χ1n) is 8.32. The quantitative estimate of drug-likeness (QED) is 0.825. The first-order chi connectivity index (χ1) is 10.1. The maximum absolute atomic E-state index is 5.60. The van der Waals surface area contributed by atoms with Crippen molar-refractivity contribution < 1.29 is 4.74 Å². The molecule has 1 aromatic rings. The molecule has 0 spiro atoms. The van der Waals surface area contributed by atoms with Crippen molar-refractivity contribution in [3.8, 4) is 5.75 Å². The Bertz CT molecular complexity index is 488. The maximum atomic E-state index is 5.60. The van der Waals surface area contributed by atoms with Gasteiger partial charge < -0.3 is 9.64 Å². The van der Waals surface area contributed by atoms with E-state index in [0.29, 0.717) is 5.92 Å². The fourth-order valence-corrected chi connectivity index (χ4v) is 3.89. The highest BCUT2D eigenvalue weighted by atomic mass is 16.5. The molecule has 0 saturated carbocycles. The molecule has 3 fully saturated rings. The molecule has 0 N–H and O–H groups in total. The SMILES string of the molecule is CCCN1C2CC1CN(c1ccc(C(C)C)c(OC)c1)C2. The molecule has 3 aliphatic heterocycles. The van der Waals surface area contributed by atoms with Gasteiger partial charge >= 0.3 is 0 Å². The van der Waals surface area contributed by atoms with Crippen LogP contribution < -0.4 is 9.64 Å². The summed E-state index contributed by atoms with van der Waals surface area (Å²) in [6, 6.07) is 8.26. The van der Waals surface area contributed by atoms with Gasteiger partial charge in [-0.25, -0.2) is 0 Å². The Labute approximate surface area is 128 Å². The van der Waals surface area contributed by atoms with E-state index in [9.17, 15) is 0 Å². The molecular formula is C18H28N2O. The lowest BCUT2D eigenvalue weighted by Gasteiger charge is -2.57.